The lowest BCUT2D eigenvalue weighted by atomic mass is 10.0. The Morgan fingerprint density at radius 2 is 1.87 bits per heavy atom. The summed E-state index contributed by atoms with van der Waals surface area (Å²) < 4.78 is 10.6. The van der Waals surface area contributed by atoms with E-state index >= 15 is 0 Å². The van der Waals surface area contributed by atoms with Crippen molar-refractivity contribution < 1.29 is 19.4 Å². The summed E-state index contributed by atoms with van der Waals surface area (Å²) in [5.41, 5.74) is 2.58. The van der Waals surface area contributed by atoms with Gasteiger partial charge in [0.05, 0.1) is 19.3 Å². The molecule has 0 saturated carbocycles. The molecule has 0 aliphatic carbocycles. The van der Waals surface area contributed by atoms with Crippen LogP contribution in [0.15, 0.2) is 42.5 Å². The molecule has 1 N–H and O–H groups in total. The van der Waals surface area contributed by atoms with E-state index < -0.39 is 5.97 Å². The van der Waals surface area contributed by atoms with Crippen LogP contribution in [0.1, 0.15) is 23.6 Å². The third-order valence-electron chi connectivity index (χ3n) is 3.44. The van der Waals surface area contributed by atoms with Crippen LogP contribution < -0.4 is 9.47 Å². The van der Waals surface area contributed by atoms with E-state index in [9.17, 15) is 9.90 Å². The van der Waals surface area contributed by atoms with Crippen molar-refractivity contribution in [3.63, 3.8) is 0 Å². The van der Waals surface area contributed by atoms with Gasteiger partial charge in [-0.1, -0.05) is 18.2 Å². The Hall–Kier alpha value is -2.75. The molecular formula is C19H20O4. The maximum Gasteiger partial charge on any atom is 0.336 e. The van der Waals surface area contributed by atoms with Crippen molar-refractivity contribution in [3.05, 3.63) is 59.2 Å². The van der Waals surface area contributed by atoms with Crippen molar-refractivity contribution in [2.45, 2.75) is 13.8 Å². The fourth-order valence-corrected chi connectivity index (χ4v) is 2.31. The normalized spacial score (nSPS) is 11.2. The summed E-state index contributed by atoms with van der Waals surface area (Å²) in [6.45, 7) is 4.40. The van der Waals surface area contributed by atoms with E-state index in [1.165, 1.54) is 0 Å². The Morgan fingerprint density at radius 3 is 2.39 bits per heavy atom. The predicted octanol–water partition coefficient (Wildman–Crippen LogP) is 4.03. The van der Waals surface area contributed by atoms with Gasteiger partial charge in [0.2, 0.25) is 0 Å². The van der Waals surface area contributed by atoms with E-state index in [0.717, 1.165) is 22.6 Å². The summed E-state index contributed by atoms with van der Waals surface area (Å²) in [4.78, 5) is 11.6. The predicted molar refractivity (Wildman–Crippen MR) is 90.8 cm³/mol. The maximum atomic E-state index is 11.6. The van der Waals surface area contributed by atoms with Gasteiger partial charge in [-0.3, -0.25) is 0 Å². The van der Waals surface area contributed by atoms with Gasteiger partial charge < -0.3 is 14.6 Å². The second-order valence-corrected chi connectivity index (χ2v) is 5.05. The van der Waals surface area contributed by atoms with Crippen LogP contribution in [0.5, 0.6) is 11.5 Å². The molecule has 4 heteroatoms. The van der Waals surface area contributed by atoms with Crippen molar-refractivity contribution >= 4 is 17.6 Å². The Morgan fingerprint density at radius 1 is 1.17 bits per heavy atom. The number of aliphatic carboxylic acids is 1. The average Bonchev–Trinajstić information content (AvgIpc) is 2.54. The smallest absolute Gasteiger partial charge is 0.336 e. The highest BCUT2D eigenvalue weighted by Crippen LogP contribution is 2.25. The van der Waals surface area contributed by atoms with Crippen LogP contribution >= 0.6 is 0 Å². The standard InChI is InChI=1S/C19H20O4/c1-4-23-16-8-5-14(6-9-16)12-17(19(20)21)15-7-10-18(22-3)13(2)11-15/h5-12H,4H2,1-3H3,(H,20,21)/b17-12-. The van der Waals surface area contributed by atoms with Crippen LogP contribution in [-0.4, -0.2) is 24.8 Å². The number of ether oxygens (including phenoxy) is 2. The fourth-order valence-electron chi connectivity index (χ4n) is 2.31. The Balaban J connectivity index is 2.37. The maximum absolute atomic E-state index is 11.6. The summed E-state index contributed by atoms with van der Waals surface area (Å²) in [6, 6.07) is 12.7. The zero-order chi connectivity index (χ0) is 16.8. The number of carbonyl (C=O) groups is 1. The molecule has 0 aliphatic rings. The van der Waals surface area contributed by atoms with Crippen LogP contribution in [0, 0.1) is 6.92 Å². The van der Waals surface area contributed by atoms with Gasteiger partial charge in [-0.25, -0.2) is 4.79 Å². The van der Waals surface area contributed by atoms with Crippen molar-refractivity contribution in [1.82, 2.24) is 0 Å². The highest BCUT2D eigenvalue weighted by molar-refractivity contribution is 6.20. The molecule has 2 aromatic rings. The van der Waals surface area contributed by atoms with Crippen LogP contribution in [0.3, 0.4) is 0 Å². The largest absolute Gasteiger partial charge is 0.496 e. The van der Waals surface area contributed by atoms with Gasteiger partial charge in [0, 0.05) is 0 Å². The second kappa shape index (κ2) is 7.49. The number of methoxy groups -OCH3 is 1. The molecule has 0 aromatic heterocycles. The first-order chi connectivity index (χ1) is 11.0. The van der Waals surface area contributed by atoms with Crippen molar-refractivity contribution in [3.8, 4) is 11.5 Å². The summed E-state index contributed by atoms with van der Waals surface area (Å²) in [6.07, 6.45) is 1.65. The van der Waals surface area contributed by atoms with E-state index in [-0.39, 0.29) is 5.57 Å². The number of hydrogen-bond acceptors (Lipinski definition) is 3. The number of carboxylic acid groups (broad SMARTS) is 1. The Labute approximate surface area is 136 Å². The van der Waals surface area contributed by atoms with Gasteiger partial charge in [0.25, 0.3) is 0 Å². The first-order valence-electron chi connectivity index (χ1n) is 7.38. The molecular weight excluding hydrogens is 292 g/mol. The minimum atomic E-state index is -0.969. The number of benzene rings is 2. The molecule has 120 valence electrons. The van der Waals surface area contributed by atoms with Crippen LogP contribution in [0.25, 0.3) is 11.6 Å². The van der Waals surface area contributed by atoms with Crippen LogP contribution in [0.4, 0.5) is 0 Å². The lowest BCUT2D eigenvalue weighted by molar-refractivity contribution is -0.130. The second-order valence-electron chi connectivity index (χ2n) is 5.05. The number of aryl methyl sites for hydroxylation is 1. The lowest BCUT2D eigenvalue weighted by Crippen LogP contribution is -2.00. The lowest BCUT2D eigenvalue weighted by Gasteiger charge is -2.09. The first kappa shape index (κ1) is 16.6. The molecule has 0 spiro atoms. The Bertz CT molecular complexity index is 715. The quantitative estimate of drug-likeness (QED) is 0.646. The topological polar surface area (TPSA) is 55.8 Å². The SMILES string of the molecule is CCOc1ccc(/C=C(\C(=O)O)c2ccc(OC)c(C)c2)cc1. The highest BCUT2D eigenvalue weighted by atomic mass is 16.5. The average molecular weight is 312 g/mol. The molecule has 0 atom stereocenters. The molecule has 0 heterocycles. The summed E-state index contributed by atoms with van der Waals surface area (Å²) in [5.74, 6) is 0.532. The number of rotatable bonds is 6. The molecule has 0 aliphatic heterocycles. The van der Waals surface area contributed by atoms with Crippen LogP contribution in [-0.2, 0) is 4.79 Å². The van der Waals surface area contributed by atoms with E-state index in [1.807, 2.05) is 44.2 Å². The molecule has 0 saturated heterocycles. The molecule has 4 nitrogen and oxygen atoms in total. The number of hydrogen-bond donors (Lipinski definition) is 1. The van der Waals surface area contributed by atoms with Gasteiger partial charge in [0.1, 0.15) is 11.5 Å². The number of carboxylic acids is 1. The van der Waals surface area contributed by atoms with Crippen molar-refractivity contribution in [1.29, 1.82) is 0 Å². The molecule has 0 unspecified atom stereocenters. The van der Waals surface area contributed by atoms with E-state index in [2.05, 4.69) is 0 Å². The zero-order valence-electron chi connectivity index (χ0n) is 13.5. The monoisotopic (exact) mass is 312 g/mol. The summed E-state index contributed by atoms with van der Waals surface area (Å²) in [7, 11) is 1.59. The third-order valence-corrected chi connectivity index (χ3v) is 3.44. The van der Waals surface area contributed by atoms with Gasteiger partial charge in [-0.05, 0) is 60.9 Å². The van der Waals surface area contributed by atoms with E-state index in [4.69, 9.17) is 9.47 Å². The molecule has 0 bridgehead atoms. The molecule has 0 radical (unpaired) electrons. The molecule has 2 aromatic carbocycles. The minimum Gasteiger partial charge on any atom is -0.496 e. The van der Waals surface area contributed by atoms with E-state index in [1.54, 1.807) is 25.3 Å². The zero-order valence-corrected chi connectivity index (χ0v) is 13.5. The molecule has 0 fully saturated rings. The van der Waals surface area contributed by atoms with Crippen molar-refractivity contribution in [2.75, 3.05) is 13.7 Å². The van der Waals surface area contributed by atoms with Gasteiger partial charge >= 0.3 is 5.97 Å². The fraction of sp³-hybridized carbons (Fsp3) is 0.211. The highest BCUT2D eigenvalue weighted by Gasteiger charge is 2.12. The Kier molecular flexibility index (Phi) is 5.41. The minimum absolute atomic E-state index is 0.236. The van der Waals surface area contributed by atoms with Gasteiger partial charge in [-0.2, -0.15) is 0 Å². The molecule has 23 heavy (non-hydrogen) atoms. The first-order valence-corrected chi connectivity index (χ1v) is 7.38. The van der Waals surface area contributed by atoms with Crippen LogP contribution in [0.2, 0.25) is 0 Å². The van der Waals surface area contributed by atoms with Gasteiger partial charge in [-0.15, -0.1) is 0 Å². The third kappa shape index (κ3) is 4.13. The van der Waals surface area contributed by atoms with E-state index in [0.29, 0.717) is 12.2 Å². The van der Waals surface area contributed by atoms with Crippen molar-refractivity contribution in [2.24, 2.45) is 0 Å². The van der Waals surface area contributed by atoms with Gasteiger partial charge in [0.15, 0.2) is 0 Å². The summed E-state index contributed by atoms with van der Waals surface area (Å²) >= 11 is 0. The molecule has 0 amide bonds. The molecule has 2 rings (SSSR count). The summed E-state index contributed by atoms with van der Waals surface area (Å²) in [5, 5.41) is 9.52.